The number of amides is 1. The highest BCUT2D eigenvalue weighted by atomic mass is 35.5. The molecule has 1 atom stereocenters. The second-order valence-electron chi connectivity index (χ2n) is 4.42. The Labute approximate surface area is 116 Å². The molecule has 2 rings (SSSR count). The quantitative estimate of drug-likeness (QED) is 0.865. The van der Waals surface area contributed by atoms with Crippen LogP contribution >= 0.6 is 11.6 Å². The Morgan fingerprint density at radius 2 is 2.21 bits per heavy atom. The molecule has 4 nitrogen and oxygen atoms in total. The maximum absolute atomic E-state index is 12.0. The summed E-state index contributed by atoms with van der Waals surface area (Å²) in [5, 5.41) is 9.62. The van der Waals surface area contributed by atoms with E-state index in [1.807, 2.05) is 6.07 Å². The number of hydrogen-bond acceptors (Lipinski definition) is 2. The van der Waals surface area contributed by atoms with E-state index >= 15 is 0 Å². The molecule has 1 amide bonds. The van der Waals surface area contributed by atoms with Crippen molar-refractivity contribution in [3.05, 3.63) is 40.9 Å². The first kappa shape index (κ1) is 13.6. The van der Waals surface area contributed by atoms with Gasteiger partial charge >= 0.3 is 5.97 Å². The van der Waals surface area contributed by atoms with Gasteiger partial charge in [-0.15, -0.1) is 0 Å². The molecule has 1 fully saturated rings. The lowest BCUT2D eigenvalue weighted by Crippen LogP contribution is -2.39. The molecule has 19 heavy (non-hydrogen) atoms. The highest BCUT2D eigenvalue weighted by Gasteiger charge is 2.32. The molecule has 0 aliphatic carbocycles. The van der Waals surface area contributed by atoms with Crippen molar-refractivity contribution in [2.75, 3.05) is 6.54 Å². The minimum Gasteiger partial charge on any atom is -0.480 e. The number of halogens is 1. The maximum Gasteiger partial charge on any atom is 0.326 e. The lowest BCUT2D eigenvalue weighted by molar-refractivity contribution is -0.146. The number of carboxylic acid groups (broad SMARTS) is 1. The zero-order valence-electron chi connectivity index (χ0n) is 10.3. The Kier molecular flexibility index (Phi) is 4.22. The highest BCUT2D eigenvalue weighted by Crippen LogP contribution is 2.18. The molecular weight excluding hydrogens is 266 g/mol. The summed E-state index contributed by atoms with van der Waals surface area (Å²) < 4.78 is 0. The van der Waals surface area contributed by atoms with Gasteiger partial charge in [-0.05, 0) is 36.6 Å². The molecule has 0 unspecified atom stereocenters. The molecule has 0 saturated carbocycles. The molecule has 1 aliphatic rings. The molecule has 1 aliphatic heterocycles. The van der Waals surface area contributed by atoms with Gasteiger partial charge in [0.15, 0.2) is 0 Å². The van der Waals surface area contributed by atoms with Gasteiger partial charge in [-0.1, -0.05) is 23.7 Å². The SMILES string of the molecule is O=C(O)[C@H]1CCCN1C(=O)C=Cc1cccc(Cl)c1. The van der Waals surface area contributed by atoms with Crippen LogP contribution in [0.2, 0.25) is 5.02 Å². The third-order valence-electron chi connectivity index (χ3n) is 3.09. The minimum atomic E-state index is -0.943. The van der Waals surface area contributed by atoms with Crippen LogP contribution < -0.4 is 0 Å². The summed E-state index contributed by atoms with van der Waals surface area (Å²) in [5.74, 6) is -1.22. The first-order chi connectivity index (χ1) is 9.08. The van der Waals surface area contributed by atoms with Crippen molar-refractivity contribution in [3.8, 4) is 0 Å². The van der Waals surface area contributed by atoms with Crippen LogP contribution in [0.1, 0.15) is 18.4 Å². The van der Waals surface area contributed by atoms with Gasteiger partial charge in [0.2, 0.25) is 5.91 Å². The van der Waals surface area contributed by atoms with Crippen LogP contribution in [0.15, 0.2) is 30.3 Å². The van der Waals surface area contributed by atoms with Gasteiger partial charge in [0, 0.05) is 17.6 Å². The average molecular weight is 280 g/mol. The van der Waals surface area contributed by atoms with Crippen LogP contribution in [0.4, 0.5) is 0 Å². The van der Waals surface area contributed by atoms with E-state index < -0.39 is 12.0 Å². The number of aliphatic carboxylic acids is 1. The van der Waals surface area contributed by atoms with E-state index in [9.17, 15) is 9.59 Å². The molecule has 0 spiro atoms. The fourth-order valence-electron chi connectivity index (χ4n) is 2.16. The summed E-state index contributed by atoms with van der Waals surface area (Å²) in [6, 6.07) is 6.42. The molecular formula is C14H14ClNO3. The number of hydrogen-bond donors (Lipinski definition) is 1. The van der Waals surface area contributed by atoms with Crippen LogP contribution in [0.3, 0.4) is 0 Å². The largest absolute Gasteiger partial charge is 0.480 e. The first-order valence-corrected chi connectivity index (χ1v) is 6.43. The number of carbonyl (C=O) groups is 2. The molecule has 0 aromatic heterocycles. The van der Waals surface area contributed by atoms with Gasteiger partial charge in [-0.2, -0.15) is 0 Å². The molecule has 1 heterocycles. The third-order valence-corrected chi connectivity index (χ3v) is 3.32. The van der Waals surface area contributed by atoms with Gasteiger partial charge in [-0.25, -0.2) is 4.79 Å². The zero-order chi connectivity index (χ0) is 13.8. The number of carboxylic acids is 1. The van der Waals surface area contributed by atoms with Crippen LogP contribution in [-0.4, -0.2) is 34.5 Å². The molecule has 1 aromatic carbocycles. The monoisotopic (exact) mass is 279 g/mol. The van der Waals surface area contributed by atoms with E-state index in [0.717, 1.165) is 12.0 Å². The molecule has 1 aromatic rings. The Balaban J connectivity index is 2.06. The van der Waals surface area contributed by atoms with Gasteiger partial charge in [0.05, 0.1) is 0 Å². The van der Waals surface area contributed by atoms with E-state index in [1.54, 1.807) is 24.3 Å². The lowest BCUT2D eigenvalue weighted by atomic mass is 10.2. The van der Waals surface area contributed by atoms with E-state index in [1.165, 1.54) is 11.0 Å². The summed E-state index contributed by atoms with van der Waals surface area (Å²) in [6.07, 6.45) is 4.29. The smallest absolute Gasteiger partial charge is 0.326 e. The Morgan fingerprint density at radius 3 is 2.89 bits per heavy atom. The number of nitrogens with zero attached hydrogens (tertiary/aromatic N) is 1. The average Bonchev–Trinajstić information content (AvgIpc) is 2.85. The Morgan fingerprint density at radius 1 is 1.42 bits per heavy atom. The minimum absolute atomic E-state index is 0.273. The van der Waals surface area contributed by atoms with Crippen molar-refractivity contribution in [3.63, 3.8) is 0 Å². The van der Waals surface area contributed by atoms with Crippen molar-refractivity contribution in [1.29, 1.82) is 0 Å². The summed E-state index contributed by atoms with van der Waals surface area (Å²) in [6.45, 7) is 0.496. The predicted octanol–water partition coefficient (Wildman–Crippen LogP) is 2.43. The highest BCUT2D eigenvalue weighted by molar-refractivity contribution is 6.30. The Bertz CT molecular complexity index is 527. The number of carbonyl (C=O) groups excluding carboxylic acids is 1. The molecule has 0 bridgehead atoms. The summed E-state index contributed by atoms with van der Waals surface area (Å²) in [5.41, 5.74) is 0.812. The van der Waals surface area contributed by atoms with E-state index in [-0.39, 0.29) is 5.91 Å². The topological polar surface area (TPSA) is 57.6 Å². The molecule has 5 heteroatoms. The van der Waals surface area contributed by atoms with Crippen LogP contribution in [-0.2, 0) is 9.59 Å². The third kappa shape index (κ3) is 3.35. The van der Waals surface area contributed by atoms with Crippen LogP contribution in [0.25, 0.3) is 6.08 Å². The van der Waals surface area contributed by atoms with Crippen molar-refractivity contribution in [2.45, 2.75) is 18.9 Å². The molecule has 1 N–H and O–H groups in total. The Hall–Kier alpha value is -1.81. The first-order valence-electron chi connectivity index (χ1n) is 6.05. The van der Waals surface area contributed by atoms with Gasteiger partial charge in [0.25, 0.3) is 0 Å². The fourth-order valence-corrected chi connectivity index (χ4v) is 2.36. The summed E-state index contributed by atoms with van der Waals surface area (Å²) in [4.78, 5) is 24.4. The summed E-state index contributed by atoms with van der Waals surface area (Å²) >= 11 is 5.85. The van der Waals surface area contributed by atoms with Crippen molar-refractivity contribution >= 4 is 29.6 Å². The number of rotatable bonds is 3. The fraction of sp³-hybridized carbons (Fsp3) is 0.286. The second-order valence-corrected chi connectivity index (χ2v) is 4.85. The van der Waals surface area contributed by atoms with Gasteiger partial charge < -0.3 is 10.0 Å². The number of benzene rings is 1. The van der Waals surface area contributed by atoms with Crippen molar-refractivity contribution in [2.24, 2.45) is 0 Å². The lowest BCUT2D eigenvalue weighted by Gasteiger charge is -2.19. The second kappa shape index (κ2) is 5.89. The standard InChI is InChI=1S/C14H14ClNO3/c15-11-4-1-3-10(9-11)6-7-13(17)16-8-2-5-12(16)14(18)19/h1,3-4,6-7,9,12H,2,5,8H2,(H,18,19)/t12-/m1/s1. The van der Waals surface area contributed by atoms with Crippen LogP contribution in [0.5, 0.6) is 0 Å². The zero-order valence-corrected chi connectivity index (χ0v) is 11.0. The van der Waals surface area contributed by atoms with Crippen molar-refractivity contribution < 1.29 is 14.7 Å². The molecule has 1 saturated heterocycles. The van der Waals surface area contributed by atoms with Crippen molar-refractivity contribution in [1.82, 2.24) is 4.90 Å². The normalized spacial score (nSPS) is 19.0. The molecule has 0 radical (unpaired) electrons. The van der Waals surface area contributed by atoms with E-state index in [0.29, 0.717) is 18.0 Å². The number of likely N-dealkylation sites (tertiary alicyclic amines) is 1. The van der Waals surface area contributed by atoms with Gasteiger partial charge in [0.1, 0.15) is 6.04 Å². The van der Waals surface area contributed by atoms with Crippen LogP contribution in [0, 0.1) is 0 Å². The van der Waals surface area contributed by atoms with E-state index in [2.05, 4.69) is 0 Å². The maximum atomic E-state index is 12.0. The van der Waals surface area contributed by atoms with E-state index in [4.69, 9.17) is 16.7 Å². The summed E-state index contributed by atoms with van der Waals surface area (Å²) in [7, 11) is 0. The molecule has 100 valence electrons. The predicted molar refractivity (Wildman–Crippen MR) is 72.9 cm³/mol. The van der Waals surface area contributed by atoms with Gasteiger partial charge in [-0.3, -0.25) is 4.79 Å².